The van der Waals surface area contributed by atoms with Crippen LogP contribution in [0.1, 0.15) is 37.2 Å². The molecule has 0 aromatic carbocycles. The molecule has 1 saturated carbocycles. The van der Waals surface area contributed by atoms with Crippen LogP contribution in [0, 0.1) is 0 Å². The van der Waals surface area contributed by atoms with Gasteiger partial charge in [0.05, 0.1) is 12.3 Å². The average Bonchev–Trinajstić information content (AvgIpc) is 3.18. The van der Waals surface area contributed by atoms with Crippen LogP contribution in [0.5, 0.6) is 0 Å². The Labute approximate surface area is 117 Å². The van der Waals surface area contributed by atoms with Gasteiger partial charge in [0.25, 0.3) is 5.91 Å². The molecule has 1 aromatic rings. The van der Waals surface area contributed by atoms with Gasteiger partial charge in [-0.2, -0.15) is 5.10 Å². The van der Waals surface area contributed by atoms with Crippen molar-refractivity contribution in [2.75, 3.05) is 18.9 Å². The number of ether oxygens (including phenoxy) is 1. The second-order valence-electron chi connectivity index (χ2n) is 4.76. The molecule has 0 bridgehead atoms. The Hall–Kier alpha value is -2.05. The van der Waals surface area contributed by atoms with Gasteiger partial charge in [0.2, 0.25) is 0 Å². The van der Waals surface area contributed by atoms with Crippen LogP contribution in [0.25, 0.3) is 0 Å². The van der Waals surface area contributed by atoms with Crippen LogP contribution in [0.4, 0.5) is 5.69 Å². The zero-order valence-corrected chi connectivity index (χ0v) is 11.8. The molecule has 0 radical (unpaired) electrons. The van der Waals surface area contributed by atoms with Gasteiger partial charge in [-0.25, -0.2) is 0 Å². The Kier molecular flexibility index (Phi) is 4.26. The molecule has 1 heterocycles. The molecular formula is C13H20N4O3. The number of esters is 1. The minimum absolute atomic E-state index is 0.0459. The van der Waals surface area contributed by atoms with Crippen molar-refractivity contribution in [2.24, 2.45) is 0 Å². The number of nitrogens with zero attached hydrogens (tertiary/aromatic N) is 3. The Morgan fingerprint density at radius 2 is 2.20 bits per heavy atom. The summed E-state index contributed by atoms with van der Waals surface area (Å²) in [6, 6.07) is 0.0954. The van der Waals surface area contributed by atoms with Gasteiger partial charge in [0.15, 0.2) is 5.69 Å². The van der Waals surface area contributed by atoms with Crippen LogP contribution in [0.3, 0.4) is 0 Å². The van der Waals surface area contributed by atoms with Gasteiger partial charge in [0, 0.05) is 18.8 Å². The van der Waals surface area contributed by atoms with E-state index in [1.807, 2.05) is 6.92 Å². The first kappa shape index (κ1) is 14.4. The highest BCUT2D eigenvalue weighted by Crippen LogP contribution is 2.28. The van der Waals surface area contributed by atoms with Crippen molar-refractivity contribution in [2.45, 2.75) is 39.3 Å². The van der Waals surface area contributed by atoms with E-state index in [1.165, 1.54) is 4.90 Å². The maximum Gasteiger partial charge on any atom is 0.325 e. The monoisotopic (exact) mass is 280 g/mol. The first-order valence-corrected chi connectivity index (χ1v) is 6.86. The highest BCUT2D eigenvalue weighted by atomic mass is 16.5. The number of carbonyl (C=O) groups excluding carboxylic acids is 2. The van der Waals surface area contributed by atoms with Gasteiger partial charge in [-0.3, -0.25) is 14.3 Å². The quantitative estimate of drug-likeness (QED) is 0.773. The molecule has 20 heavy (non-hydrogen) atoms. The third-order valence-electron chi connectivity index (χ3n) is 3.17. The van der Waals surface area contributed by atoms with Crippen LogP contribution < -0.4 is 5.73 Å². The van der Waals surface area contributed by atoms with Crippen molar-refractivity contribution in [3.8, 4) is 0 Å². The Bertz CT molecular complexity index is 508. The zero-order chi connectivity index (χ0) is 14.7. The first-order chi connectivity index (χ1) is 9.56. The standard InChI is InChI=1S/C13H20N4O3/c1-3-16-7-10(14)12(15-16)13(19)17(9-5-6-9)8-11(18)20-4-2/h7,9H,3-6,8,14H2,1-2H3. The minimum atomic E-state index is -0.402. The summed E-state index contributed by atoms with van der Waals surface area (Å²) in [5.74, 6) is -0.702. The topological polar surface area (TPSA) is 90.5 Å². The lowest BCUT2D eigenvalue weighted by molar-refractivity contribution is -0.144. The van der Waals surface area contributed by atoms with Crippen molar-refractivity contribution in [1.29, 1.82) is 0 Å². The second kappa shape index (κ2) is 5.94. The van der Waals surface area contributed by atoms with E-state index < -0.39 is 5.97 Å². The summed E-state index contributed by atoms with van der Waals surface area (Å²) in [5.41, 5.74) is 6.37. The maximum atomic E-state index is 12.5. The number of hydrogen-bond acceptors (Lipinski definition) is 5. The maximum absolute atomic E-state index is 12.5. The number of aryl methyl sites for hydroxylation is 1. The zero-order valence-electron chi connectivity index (χ0n) is 11.8. The van der Waals surface area contributed by atoms with Crippen LogP contribution >= 0.6 is 0 Å². The van der Waals surface area contributed by atoms with E-state index in [2.05, 4.69) is 5.10 Å². The molecule has 1 aliphatic rings. The molecule has 0 saturated heterocycles. The van der Waals surface area contributed by atoms with E-state index in [0.29, 0.717) is 18.8 Å². The van der Waals surface area contributed by atoms with E-state index in [4.69, 9.17) is 10.5 Å². The minimum Gasteiger partial charge on any atom is -0.465 e. The molecule has 2 rings (SSSR count). The molecule has 0 atom stereocenters. The number of hydrogen-bond donors (Lipinski definition) is 1. The van der Waals surface area contributed by atoms with Crippen molar-refractivity contribution in [1.82, 2.24) is 14.7 Å². The van der Waals surface area contributed by atoms with E-state index in [0.717, 1.165) is 12.8 Å². The molecule has 1 amide bonds. The second-order valence-corrected chi connectivity index (χ2v) is 4.76. The molecule has 2 N–H and O–H groups in total. The van der Waals surface area contributed by atoms with Crippen LogP contribution in [0.15, 0.2) is 6.20 Å². The molecule has 7 heteroatoms. The predicted molar refractivity (Wildman–Crippen MR) is 73.0 cm³/mol. The number of carbonyl (C=O) groups is 2. The Morgan fingerprint density at radius 3 is 2.70 bits per heavy atom. The lowest BCUT2D eigenvalue weighted by Gasteiger charge is -2.20. The van der Waals surface area contributed by atoms with Crippen molar-refractivity contribution >= 4 is 17.6 Å². The highest BCUT2D eigenvalue weighted by molar-refractivity contribution is 5.98. The average molecular weight is 280 g/mol. The van der Waals surface area contributed by atoms with Gasteiger partial charge in [0.1, 0.15) is 6.54 Å². The number of aromatic nitrogens is 2. The summed E-state index contributed by atoms with van der Waals surface area (Å²) in [6.07, 6.45) is 3.43. The van der Waals surface area contributed by atoms with Crippen LogP contribution in [-0.4, -0.2) is 45.8 Å². The first-order valence-electron chi connectivity index (χ1n) is 6.86. The van der Waals surface area contributed by atoms with E-state index in [-0.39, 0.29) is 24.2 Å². The summed E-state index contributed by atoms with van der Waals surface area (Å²) in [7, 11) is 0. The molecule has 0 unspecified atom stereocenters. The van der Waals surface area contributed by atoms with Gasteiger partial charge < -0.3 is 15.4 Å². The van der Waals surface area contributed by atoms with Gasteiger partial charge in [-0.15, -0.1) is 0 Å². The third-order valence-corrected chi connectivity index (χ3v) is 3.17. The number of nitrogen functional groups attached to an aromatic ring is 1. The normalized spacial score (nSPS) is 14.1. The lowest BCUT2D eigenvalue weighted by Crippen LogP contribution is -2.38. The number of nitrogens with two attached hydrogens (primary N) is 1. The molecule has 1 aliphatic carbocycles. The van der Waals surface area contributed by atoms with Crippen LogP contribution in [0.2, 0.25) is 0 Å². The molecule has 110 valence electrons. The molecule has 1 aromatic heterocycles. The smallest absolute Gasteiger partial charge is 0.325 e. The molecule has 7 nitrogen and oxygen atoms in total. The molecular weight excluding hydrogens is 260 g/mol. The third kappa shape index (κ3) is 3.09. The Balaban J connectivity index is 2.14. The summed E-state index contributed by atoms with van der Waals surface area (Å²) >= 11 is 0. The molecule has 0 aliphatic heterocycles. The SMILES string of the molecule is CCOC(=O)CN(C(=O)c1nn(CC)cc1N)C1CC1. The number of amides is 1. The van der Waals surface area contributed by atoms with Gasteiger partial charge in [-0.05, 0) is 26.7 Å². The summed E-state index contributed by atoms with van der Waals surface area (Å²) in [4.78, 5) is 25.6. The number of rotatable bonds is 6. The van der Waals surface area contributed by atoms with Crippen molar-refractivity contribution in [3.05, 3.63) is 11.9 Å². The summed E-state index contributed by atoms with van der Waals surface area (Å²) in [6.45, 7) is 4.55. The molecule has 0 spiro atoms. The fraction of sp³-hybridized carbons (Fsp3) is 0.615. The lowest BCUT2D eigenvalue weighted by atomic mass is 10.3. The van der Waals surface area contributed by atoms with Crippen molar-refractivity contribution in [3.63, 3.8) is 0 Å². The van der Waals surface area contributed by atoms with Crippen LogP contribution in [-0.2, 0) is 16.1 Å². The summed E-state index contributed by atoms with van der Waals surface area (Å²) in [5, 5.41) is 4.16. The largest absolute Gasteiger partial charge is 0.465 e. The van der Waals surface area contributed by atoms with Crippen molar-refractivity contribution < 1.29 is 14.3 Å². The Morgan fingerprint density at radius 1 is 1.50 bits per heavy atom. The van der Waals surface area contributed by atoms with Gasteiger partial charge in [-0.1, -0.05) is 0 Å². The van der Waals surface area contributed by atoms with E-state index in [1.54, 1.807) is 17.8 Å². The van der Waals surface area contributed by atoms with E-state index in [9.17, 15) is 9.59 Å². The fourth-order valence-electron chi connectivity index (χ4n) is 2.00. The fourth-order valence-corrected chi connectivity index (χ4v) is 2.00. The number of anilines is 1. The predicted octanol–water partition coefficient (Wildman–Crippen LogP) is 0.653. The highest BCUT2D eigenvalue weighted by Gasteiger charge is 2.36. The van der Waals surface area contributed by atoms with E-state index >= 15 is 0 Å². The van der Waals surface area contributed by atoms with Gasteiger partial charge >= 0.3 is 5.97 Å². The molecule has 1 fully saturated rings. The summed E-state index contributed by atoms with van der Waals surface area (Å²) < 4.78 is 6.51.